The molecule has 0 amide bonds. The lowest BCUT2D eigenvalue weighted by atomic mass is 9.89. The standard InChI is InChI=1S/C13H26N2O3/c1-15-12(10-14,7-8-16)11-9-17-13(18-11)5-3-2-4-6-13/h11,15-16H,2-10,14H2,1H3/t11-,12-/m1/s1. The highest BCUT2D eigenvalue weighted by Crippen LogP contribution is 2.40. The van der Waals surface area contributed by atoms with Crippen LogP contribution in [0.1, 0.15) is 38.5 Å². The number of hydrogen-bond acceptors (Lipinski definition) is 5. The Kier molecular flexibility index (Phi) is 4.61. The molecule has 2 rings (SSSR count). The molecule has 5 heteroatoms. The molecule has 4 N–H and O–H groups in total. The molecule has 0 bridgehead atoms. The maximum absolute atomic E-state index is 9.23. The van der Waals surface area contributed by atoms with E-state index >= 15 is 0 Å². The molecule has 106 valence electrons. The fourth-order valence-corrected chi connectivity index (χ4v) is 3.16. The van der Waals surface area contributed by atoms with E-state index in [0.29, 0.717) is 19.6 Å². The lowest BCUT2D eigenvalue weighted by Gasteiger charge is -2.38. The van der Waals surface area contributed by atoms with E-state index in [1.54, 1.807) is 0 Å². The second-order valence-corrected chi connectivity index (χ2v) is 5.47. The van der Waals surface area contributed by atoms with E-state index in [-0.39, 0.29) is 24.0 Å². The summed E-state index contributed by atoms with van der Waals surface area (Å²) < 4.78 is 12.2. The van der Waals surface area contributed by atoms with Crippen LogP contribution in [0.5, 0.6) is 0 Å². The number of ether oxygens (including phenoxy) is 2. The van der Waals surface area contributed by atoms with Crippen molar-refractivity contribution in [2.24, 2.45) is 5.73 Å². The van der Waals surface area contributed by atoms with Gasteiger partial charge in [0.15, 0.2) is 5.79 Å². The topological polar surface area (TPSA) is 76.7 Å². The Morgan fingerprint density at radius 3 is 2.67 bits per heavy atom. The van der Waals surface area contributed by atoms with Gasteiger partial charge < -0.3 is 25.6 Å². The highest BCUT2D eigenvalue weighted by Gasteiger charge is 2.49. The average molecular weight is 258 g/mol. The minimum Gasteiger partial charge on any atom is -0.396 e. The largest absolute Gasteiger partial charge is 0.396 e. The zero-order valence-corrected chi connectivity index (χ0v) is 11.3. The normalized spacial score (nSPS) is 30.5. The van der Waals surface area contributed by atoms with Crippen molar-refractivity contribution in [2.45, 2.75) is 56.0 Å². The van der Waals surface area contributed by atoms with Gasteiger partial charge in [0.2, 0.25) is 0 Å². The molecule has 18 heavy (non-hydrogen) atoms. The van der Waals surface area contributed by atoms with Crippen molar-refractivity contribution in [2.75, 3.05) is 26.8 Å². The summed E-state index contributed by atoms with van der Waals surface area (Å²) in [7, 11) is 1.87. The number of nitrogens with two attached hydrogens (primary N) is 1. The van der Waals surface area contributed by atoms with Gasteiger partial charge in [0.25, 0.3) is 0 Å². The van der Waals surface area contributed by atoms with Crippen LogP contribution in [0.15, 0.2) is 0 Å². The van der Waals surface area contributed by atoms with Gasteiger partial charge in [-0.05, 0) is 26.3 Å². The van der Waals surface area contributed by atoms with Crippen molar-refractivity contribution in [3.8, 4) is 0 Å². The summed E-state index contributed by atoms with van der Waals surface area (Å²) in [4.78, 5) is 0. The number of aliphatic hydroxyl groups excluding tert-OH is 1. The number of aliphatic hydroxyl groups is 1. The summed E-state index contributed by atoms with van der Waals surface area (Å²) in [6.45, 7) is 1.11. The van der Waals surface area contributed by atoms with E-state index in [9.17, 15) is 5.11 Å². The fourth-order valence-electron chi connectivity index (χ4n) is 3.16. The quantitative estimate of drug-likeness (QED) is 0.664. The van der Waals surface area contributed by atoms with Crippen molar-refractivity contribution in [3.63, 3.8) is 0 Å². The van der Waals surface area contributed by atoms with Crippen LogP contribution in [0.3, 0.4) is 0 Å². The van der Waals surface area contributed by atoms with Gasteiger partial charge in [-0.3, -0.25) is 0 Å². The summed E-state index contributed by atoms with van der Waals surface area (Å²) in [5.41, 5.74) is 5.51. The van der Waals surface area contributed by atoms with Gasteiger partial charge in [-0.1, -0.05) is 6.42 Å². The zero-order chi connectivity index (χ0) is 13.1. The van der Waals surface area contributed by atoms with Gasteiger partial charge in [-0.2, -0.15) is 0 Å². The molecule has 2 atom stereocenters. The van der Waals surface area contributed by atoms with Gasteiger partial charge in [-0.15, -0.1) is 0 Å². The van der Waals surface area contributed by atoms with E-state index in [4.69, 9.17) is 15.2 Å². The Balaban J connectivity index is 2.05. The van der Waals surface area contributed by atoms with Crippen LogP contribution in [0.4, 0.5) is 0 Å². The third kappa shape index (κ3) is 2.56. The summed E-state index contributed by atoms with van der Waals surface area (Å²) in [5, 5.41) is 12.5. The van der Waals surface area contributed by atoms with Gasteiger partial charge in [0.05, 0.1) is 12.1 Å². The molecule has 1 heterocycles. The Bertz CT molecular complexity index is 263. The molecule has 5 nitrogen and oxygen atoms in total. The molecular weight excluding hydrogens is 232 g/mol. The molecule has 0 aromatic rings. The number of hydrogen-bond donors (Lipinski definition) is 3. The molecule has 0 aromatic carbocycles. The van der Waals surface area contributed by atoms with E-state index in [0.717, 1.165) is 12.8 Å². The molecular formula is C13H26N2O3. The Morgan fingerprint density at radius 2 is 2.11 bits per heavy atom. The van der Waals surface area contributed by atoms with Crippen LogP contribution in [0.2, 0.25) is 0 Å². The highest BCUT2D eigenvalue weighted by atomic mass is 16.7. The molecule has 2 fully saturated rings. The maximum atomic E-state index is 9.23. The third-order valence-electron chi connectivity index (χ3n) is 4.51. The van der Waals surface area contributed by atoms with Gasteiger partial charge >= 0.3 is 0 Å². The first-order valence-electron chi connectivity index (χ1n) is 7.02. The molecule has 2 aliphatic rings. The summed E-state index contributed by atoms with van der Waals surface area (Å²) >= 11 is 0. The predicted octanol–water partition coefficient (Wildman–Crippen LogP) is 0.362. The summed E-state index contributed by atoms with van der Waals surface area (Å²) in [6.07, 6.45) is 6.08. The van der Waals surface area contributed by atoms with Crippen molar-refractivity contribution < 1.29 is 14.6 Å². The third-order valence-corrected chi connectivity index (χ3v) is 4.51. The molecule has 1 aliphatic heterocycles. The number of nitrogens with one attached hydrogen (secondary N) is 1. The van der Waals surface area contributed by atoms with E-state index in [1.807, 2.05) is 7.05 Å². The predicted molar refractivity (Wildman–Crippen MR) is 69.2 cm³/mol. The van der Waals surface area contributed by atoms with Crippen LogP contribution in [0, 0.1) is 0 Å². The lowest BCUT2D eigenvalue weighted by molar-refractivity contribution is -0.194. The summed E-state index contributed by atoms with van der Waals surface area (Å²) in [6, 6.07) is 0. The molecule has 0 aromatic heterocycles. The van der Waals surface area contributed by atoms with Gasteiger partial charge in [0, 0.05) is 26.0 Å². The maximum Gasteiger partial charge on any atom is 0.168 e. The molecule has 1 aliphatic carbocycles. The first-order valence-corrected chi connectivity index (χ1v) is 7.02. The van der Waals surface area contributed by atoms with Crippen LogP contribution in [-0.2, 0) is 9.47 Å². The molecule has 0 unspecified atom stereocenters. The van der Waals surface area contributed by atoms with Crippen molar-refractivity contribution in [1.29, 1.82) is 0 Å². The fraction of sp³-hybridized carbons (Fsp3) is 1.00. The first-order chi connectivity index (χ1) is 8.70. The average Bonchev–Trinajstić information content (AvgIpc) is 2.81. The molecule has 0 radical (unpaired) electrons. The minimum absolute atomic E-state index is 0.0715. The SMILES string of the molecule is CN[C@@](CN)(CCO)[C@H]1COC2(CCCCC2)O1. The molecule has 1 saturated heterocycles. The highest BCUT2D eigenvalue weighted by molar-refractivity contribution is 5.00. The summed E-state index contributed by atoms with van der Waals surface area (Å²) in [5.74, 6) is -0.379. The zero-order valence-electron chi connectivity index (χ0n) is 11.3. The van der Waals surface area contributed by atoms with E-state index < -0.39 is 0 Å². The molecule has 1 spiro atoms. The van der Waals surface area contributed by atoms with Gasteiger partial charge in [-0.25, -0.2) is 0 Å². The second kappa shape index (κ2) is 5.84. The smallest absolute Gasteiger partial charge is 0.168 e. The van der Waals surface area contributed by atoms with Crippen LogP contribution < -0.4 is 11.1 Å². The van der Waals surface area contributed by atoms with Crippen LogP contribution in [-0.4, -0.2) is 49.3 Å². The first kappa shape index (κ1) is 14.2. The molecule has 1 saturated carbocycles. The van der Waals surface area contributed by atoms with Crippen molar-refractivity contribution >= 4 is 0 Å². The van der Waals surface area contributed by atoms with E-state index in [2.05, 4.69) is 5.32 Å². The van der Waals surface area contributed by atoms with Crippen molar-refractivity contribution in [3.05, 3.63) is 0 Å². The van der Waals surface area contributed by atoms with Crippen LogP contribution in [0.25, 0.3) is 0 Å². The van der Waals surface area contributed by atoms with Crippen LogP contribution >= 0.6 is 0 Å². The number of rotatable bonds is 5. The lowest BCUT2D eigenvalue weighted by Crippen LogP contribution is -2.60. The monoisotopic (exact) mass is 258 g/mol. The van der Waals surface area contributed by atoms with E-state index in [1.165, 1.54) is 19.3 Å². The van der Waals surface area contributed by atoms with Gasteiger partial charge in [0.1, 0.15) is 6.10 Å². The Morgan fingerprint density at radius 1 is 1.39 bits per heavy atom. The second-order valence-electron chi connectivity index (χ2n) is 5.47. The Hall–Kier alpha value is -0.200. The Labute approximate surface area is 109 Å². The number of likely N-dealkylation sites (N-methyl/N-ethyl adjacent to an activating group) is 1. The van der Waals surface area contributed by atoms with Crippen molar-refractivity contribution in [1.82, 2.24) is 5.32 Å². The minimum atomic E-state index is -0.379.